The van der Waals surface area contributed by atoms with Crippen molar-refractivity contribution >= 4 is 18.3 Å². The maximum absolute atomic E-state index is 11.9. The van der Waals surface area contributed by atoms with Crippen molar-refractivity contribution in [3.05, 3.63) is 29.8 Å². The van der Waals surface area contributed by atoms with Crippen LogP contribution in [0, 0.1) is 5.92 Å². The number of amides is 1. The van der Waals surface area contributed by atoms with E-state index in [0.29, 0.717) is 25.5 Å². The first-order valence-corrected chi connectivity index (χ1v) is 8.63. The fraction of sp³-hybridized carbons (Fsp3) is 0.632. The lowest BCUT2D eigenvalue weighted by molar-refractivity contribution is -0.122. The van der Waals surface area contributed by atoms with Crippen LogP contribution in [0.1, 0.15) is 52.0 Å². The molecule has 1 fully saturated rings. The fourth-order valence-corrected chi connectivity index (χ4v) is 2.62. The molecule has 4 nitrogen and oxygen atoms in total. The lowest BCUT2D eigenvalue weighted by Gasteiger charge is -2.19. The van der Waals surface area contributed by atoms with E-state index < -0.39 is 0 Å². The summed E-state index contributed by atoms with van der Waals surface area (Å²) in [6.45, 7) is 7.67. The molecule has 2 rings (SSSR count). The van der Waals surface area contributed by atoms with Crippen molar-refractivity contribution in [1.82, 2.24) is 5.32 Å². The minimum Gasteiger partial charge on any atom is -0.494 e. The van der Waals surface area contributed by atoms with Gasteiger partial charge in [-0.1, -0.05) is 32.9 Å². The van der Waals surface area contributed by atoms with Crippen LogP contribution >= 0.6 is 12.4 Å². The van der Waals surface area contributed by atoms with Crippen LogP contribution in [-0.2, 0) is 10.2 Å². The predicted octanol–water partition coefficient (Wildman–Crippen LogP) is 3.42. The molecule has 0 saturated heterocycles. The summed E-state index contributed by atoms with van der Waals surface area (Å²) in [4.78, 5) is 11.9. The molecule has 0 aliphatic heterocycles. The second-order valence-electron chi connectivity index (χ2n) is 7.47. The second-order valence-corrected chi connectivity index (χ2v) is 7.47. The summed E-state index contributed by atoms with van der Waals surface area (Å²) in [6, 6.07) is 8.36. The molecule has 0 aromatic heterocycles. The normalized spacial score (nSPS) is 15.3. The van der Waals surface area contributed by atoms with Gasteiger partial charge in [-0.2, -0.15) is 0 Å². The largest absolute Gasteiger partial charge is 0.494 e. The van der Waals surface area contributed by atoms with Crippen LogP contribution in [0.15, 0.2) is 24.3 Å². The van der Waals surface area contributed by atoms with E-state index in [1.165, 1.54) is 18.4 Å². The number of halogens is 1. The van der Waals surface area contributed by atoms with Crippen molar-refractivity contribution in [2.24, 2.45) is 11.7 Å². The van der Waals surface area contributed by atoms with Gasteiger partial charge in [-0.05, 0) is 48.3 Å². The molecule has 1 amide bonds. The lowest BCUT2D eigenvalue weighted by atomic mass is 9.87. The van der Waals surface area contributed by atoms with Crippen LogP contribution in [0.3, 0.4) is 0 Å². The molecule has 1 unspecified atom stereocenters. The molecule has 0 radical (unpaired) electrons. The molecule has 24 heavy (non-hydrogen) atoms. The maximum Gasteiger partial charge on any atom is 0.220 e. The highest BCUT2D eigenvalue weighted by atomic mass is 35.5. The standard InChI is InChI=1S/C19H30N2O2.ClH/c1-19(2,3)15-8-10-16(11-9-15)23-12-4-5-18(22)21-17(13-20)14-6-7-14;/h8-11,14,17H,4-7,12-13,20H2,1-3H3,(H,21,22);1H. The number of benzene rings is 1. The molecule has 0 spiro atoms. The molecule has 1 saturated carbocycles. The van der Waals surface area contributed by atoms with Gasteiger partial charge in [0.25, 0.3) is 0 Å². The first kappa shape index (κ1) is 20.8. The number of hydrogen-bond donors (Lipinski definition) is 2. The van der Waals surface area contributed by atoms with Crippen LogP contribution in [0.25, 0.3) is 0 Å². The average Bonchev–Trinajstić information content (AvgIpc) is 3.33. The number of nitrogens with two attached hydrogens (primary N) is 1. The van der Waals surface area contributed by atoms with Gasteiger partial charge < -0.3 is 15.8 Å². The molecule has 0 heterocycles. The van der Waals surface area contributed by atoms with E-state index in [9.17, 15) is 4.79 Å². The predicted molar refractivity (Wildman–Crippen MR) is 101 cm³/mol. The molecular formula is C19H31ClN2O2. The van der Waals surface area contributed by atoms with Gasteiger partial charge in [0.1, 0.15) is 5.75 Å². The Morgan fingerprint density at radius 2 is 1.92 bits per heavy atom. The minimum atomic E-state index is 0. The molecular weight excluding hydrogens is 324 g/mol. The Hall–Kier alpha value is -1.26. The highest BCUT2D eigenvalue weighted by molar-refractivity contribution is 5.85. The van der Waals surface area contributed by atoms with Gasteiger partial charge in [0.15, 0.2) is 0 Å². The van der Waals surface area contributed by atoms with Gasteiger partial charge in [-0.25, -0.2) is 0 Å². The van der Waals surface area contributed by atoms with E-state index in [2.05, 4.69) is 38.2 Å². The van der Waals surface area contributed by atoms with E-state index in [-0.39, 0.29) is 29.8 Å². The van der Waals surface area contributed by atoms with Gasteiger partial charge in [0.2, 0.25) is 5.91 Å². The first-order valence-electron chi connectivity index (χ1n) is 8.63. The third kappa shape index (κ3) is 6.70. The zero-order chi connectivity index (χ0) is 16.9. The summed E-state index contributed by atoms with van der Waals surface area (Å²) in [5, 5.41) is 3.03. The third-order valence-corrected chi connectivity index (χ3v) is 4.33. The van der Waals surface area contributed by atoms with E-state index in [4.69, 9.17) is 10.5 Å². The number of hydrogen-bond acceptors (Lipinski definition) is 3. The van der Waals surface area contributed by atoms with Crippen molar-refractivity contribution in [3.63, 3.8) is 0 Å². The van der Waals surface area contributed by atoms with Crippen molar-refractivity contribution in [2.45, 2.75) is 57.9 Å². The van der Waals surface area contributed by atoms with Crippen molar-refractivity contribution in [1.29, 1.82) is 0 Å². The second kappa shape index (κ2) is 9.28. The van der Waals surface area contributed by atoms with Crippen molar-refractivity contribution in [2.75, 3.05) is 13.2 Å². The smallest absolute Gasteiger partial charge is 0.220 e. The number of nitrogens with one attached hydrogen (secondary N) is 1. The van der Waals surface area contributed by atoms with E-state index in [0.717, 1.165) is 12.2 Å². The van der Waals surface area contributed by atoms with Crippen LogP contribution in [0.5, 0.6) is 5.75 Å². The van der Waals surface area contributed by atoms with Gasteiger partial charge in [0, 0.05) is 19.0 Å². The zero-order valence-corrected chi connectivity index (χ0v) is 15.8. The molecule has 1 aromatic carbocycles. The average molecular weight is 355 g/mol. The van der Waals surface area contributed by atoms with Crippen LogP contribution in [0.4, 0.5) is 0 Å². The SMILES string of the molecule is CC(C)(C)c1ccc(OCCCC(=O)NC(CN)C2CC2)cc1.Cl. The Morgan fingerprint density at radius 1 is 1.29 bits per heavy atom. The molecule has 3 N–H and O–H groups in total. The maximum atomic E-state index is 11.9. The van der Waals surface area contributed by atoms with Crippen LogP contribution in [0.2, 0.25) is 0 Å². The summed E-state index contributed by atoms with van der Waals surface area (Å²) in [5.74, 6) is 1.54. The topological polar surface area (TPSA) is 64.3 Å². The minimum absolute atomic E-state index is 0. The Bertz CT molecular complexity index is 507. The van der Waals surface area contributed by atoms with Crippen molar-refractivity contribution in [3.8, 4) is 5.75 Å². The molecule has 1 aromatic rings. The summed E-state index contributed by atoms with van der Waals surface area (Å²) in [6.07, 6.45) is 3.59. The molecule has 136 valence electrons. The highest BCUT2D eigenvalue weighted by Crippen LogP contribution is 2.32. The Labute approximate surface area is 151 Å². The Morgan fingerprint density at radius 3 is 2.42 bits per heavy atom. The number of rotatable bonds is 8. The molecule has 0 bridgehead atoms. The summed E-state index contributed by atoms with van der Waals surface area (Å²) >= 11 is 0. The summed E-state index contributed by atoms with van der Waals surface area (Å²) < 4.78 is 5.71. The molecule has 1 aliphatic carbocycles. The lowest BCUT2D eigenvalue weighted by Crippen LogP contribution is -2.41. The van der Waals surface area contributed by atoms with E-state index in [1.54, 1.807) is 0 Å². The van der Waals surface area contributed by atoms with E-state index >= 15 is 0 Å². The molecule has 1 atom stereocenters. The van der Waals surface area contributed by atoms with Crippen LogP contribution in [-0.4, -0.2) is 25.1 Å². The van der Waals surface area contributed by atoms with Crippen LogP contribution < -0.4 is 15.8 Å². The molecule has 1 aliphatic rings. The first-order chi connectivity index (χ1) is 10.9. The van der Waals surface area contributed by atoms with Gasteiger partial charge >= 0.3 is 0 Å². The molecule has 5 heteroatoms. The monoisotopic (exact) mass is 354 g/mol. The van der Waals surface area contributed by atoms with Gasteiger partial charge in [-0.15, -0.1) is 12.4 Å². The quantitative estimate of drug-likeness (QED) is 0.703. The Kier molecular flexibility index (Phi) is 8.04. The highest BCUT2D eigenvalue weighted by Gasteiger charge is 2.30. The number of carbonyl (C=O) groups is 1. The third-order valence-electron chi connectivity index (χ3n) is 4.33. The van der Waals surface area contributed by atoms with Gasteiger partial charge in [0.05, 0.1) is 6.61 Å². The Balaban J connectivity index is 0.00000288. The van der Waals surface area contributed by atoms with Crippen molar-refractivity contribution < 1.29 is 9.53 Å². The van der Waals surface area contributed by atoms with E-state index in [1.807, 2.05) is 12.1 Å². The fourth-order valence-electron chi connectivity index (χ4n) is 2.62. The summed E-state index contributed by atoms with van der Waals surface area (Å²) in [7, 11) is 0. The zero-order valence-electron chi connectivity index (χ0n) is 15.0. The number of ether oxygens (including phenoxy) is 1. The summed E-state index contributed by atoms with van der Waals surface area (Å²) in [5.41, 5.74) is 7.14. The van der Waals surface area contributed by atoms with Gasteiger partial charge in [-0.3, -0.25) is 4.79 Å². The number of carbonyl (C=O) groups excluding carboxylic acids is 1.